The zero-order valence-corrected chi connectivity index (χ0v) is 11.5. The minimum absolute atomic E-state index is 0.0858. The van der Waals surface area contributed by atoms with Crippen LogP contribution >= 0.6 is 0 Å². The van der Waals surface area contributed by atoms with E-state index in [1.54, 1.807) is 13.8 Å². The second-order valence-electron chi connectivity index (χ2n) is 4.62. The summed E-state index contributed by atoms with van der Waals surface area (Å²) in [5.41, 5.74) is 4.84. The number of nitrogens with one attached hydrogen (secondary N) is 2. The molecule has 0 saturated carbocycles. The number of hydrogen-bond acceptors (Lipinski definition) is 5. The lowest BCUT2D eigenvalue weighted by Crippen LogP contribution is -2.53. The fraction of sp³-hybridized carbons (Fsp3) is 0.889. The summed E-state index contributed by atoms with van der Waals surface area (Å²) < 4.78 is 24.7. The van der Waals surface area contributed by atoms with Crippen molar-refractivity contribution in [3.05, 3.63) is 0 Å². The van der Waals surface area contributed by atoms with Crippen LogP contribution in [0.2, 0.25) is 0 Å². The van der Waals surface area contributed by atoms with Gasteiger partial charge in [0.1, 0.15) is 0 Å². The van der Waals surface area contributed by atoms with Gasteiger partial charge in [-0.1, -0.05) is 12.1 Å². The van der Waals surface area contributed by atoms with Crippen LogP contribution < -0.4 is 15.8 Å². The molecule has 8 heteroatoms. The third kappa shape index (κ3) is 7.14. The third-order valence-electron chi connectivity index (χ3n) is 2.13. The van der Waals surface area contributed by atoms with Crippen LogP contribution in [0.1, 0.15) is 27.2 Å². The lowest BCUT2D eigenvalue weighted by atomic mass is 10.1. The molecule has 0 aliphatic rings. The van der Waals surface area contributed by atoms with E-state index in [1.165, 1.54) is 0 Å². The van der Waals surface area contributed by atoms with Crippen LogP contribution in [0.5, 0.6) is 0 Å². The fourth-order valence-corrected chi connectivity index (χ4v) is 2.52. The lowest BCUT2D eigenvalue weighted by Gasteiger charge is -2.27. The van der Waals surface area contributed by atoms with Crippen molar-refractivity contribution >= 4 is 15.9 Å². The highest BCUT2D eigenvalue weighted by Gasteiger charge is 2.23. The first-order valence-electron chi connectivity index (χ1n) is 5.31. The highest BCUT2D eigenvalue weighted by atomic mass is 32.2. The van der Waals surface area contributed by atoms with Crippen molar-refractivity contribution in [1.29, 1.82) is 0 Å². The molecule has 0 aromatic carbocycles. The van der Waals surface area contributed by atoms with Gasteiger partial charge in [0, 0.05) is 12.1 Å². The number of rotatable bonds is 7. The first kappa shape index (κ1) is 16.1. The van der Waals surface area contributed by atoms with E-state index in [0.29, 0.717) is 13.0 Å². The second-order valence-corrected chi connectivity index (χ2v) is 6.37. The monoisotopic (exact) mass is 266 g/mol. The van der Waals surface area contributed by atoms with Crippen molar-refractivity contribution in [3.8, 4) is 0 Å². The molecule has 0 aliphatic carbocycles. The van der Waals surface area contributed by atoms with Crippen LogP contribution in [0.3, 0.4) is 0 Å². The minimum Gasteiger partial charge on any atom is -0.409 e. The van der Waals surface area contributed by atoms with Gasteiger partial charge in [-0.15, -0.1) is 0 Å². The quantitative estimate of drug-likeness (QED) is 0.213. The van der Waals surface area contributed by atoms with Crippen molar-refractivity contribution in [2.75, 3.05) is 12.8 Å². The van der Waals surface area contributed by atoms with E-state index in [4.69, 9.17) is 10.9 Å². The lowest BCUT2D eigenvalue weighted by molar-refractivity contribution is 0.312. The van der Waals surface area contributed by atoms with Crippen molar-refractivity contribution < 1.29 is 13.6 Å². The Morgan fingerprint density at radius 1 is 1.53 bits per heavy atom. The molecule has 0 bridgehead atoms. The molecule has 0 heterocycles. The molecule has 0 spiro atoms. The Morgan fingerprint density at radius 2 is 2.06 bits per heavy atom. The molecule has 0 aromatic heterocycles. The number of sulfonamides is 1. The van der Waals surface area contributed by atoms with E-state index in [1.807, 2.05) is 6.92 Å². The van der Waals surface area contributed by atoms with Crippen molar-refractivity contribution in [2.24, 2.45) is 10.9 Å². The van der Waals surface area contributed by atoms with Gasteiger partial charge in [-0.05, 0) is 20.3 Å². The number of amidine groups is 1. The Bertz CT molecular complexity index is 364. The maximum atomic E-state index is 11.1. The maximum absolute atomic E-state index is 11.1. The Kier molecular flexibility index (Phi) is 5.86. The van der Waals surface area contributed by atoms with E-state index in [-0.39, 0.29) is 11.9 Å². The van der Waals surface area contributed by atoms with Crippen LogP contribution in [0.25, 0.3) is 0 Å². The summed E-state index contributed by atoms with van der Waals surface area (Å²) in [4.78, 5) is 0. The summed E-state index contributed by atoms with van der Waals surface area (Å²) in [5.74, 6) is 0.0858. The Hall–Kier alpha value is -0.860. The summed E-state index contributed by atoms with van der Waals surface area (Å²) in [7, 11) is -3.26. The zero-order chi connectivity index (χ0) is 13.7. The van der Waals surface area contributed by atoms with E-state index in [2.05, 4.69) is 15.2 Å². The number of hydrogen-bond donors (Lipinski definition) is 4. The molecule has 0 saturated heterocycles. The molecular formula is C9H22N4O3S. The average Bonchev–Trinajstić information content (AvgIpc) is 2.14. The minimum atomic E-state index is -3.26. The van der Waals surface area contributed by atoms with Crippen molar-refractivity contribution in [1.82, 2.24) is 10.0 Å². The average molecular weight is 266 g/mol. The van der Waals surface area contributed by atoms with E-state index in [0.717, 1.165) is 6.26 Å². The van der Waals surface area contributed by atoms with Gasteiger partial charge in [-0.3, -0.25) is 0 Å². The summed E-state index contributed by atoms with van der Waals surface area (Å²) in [6.45, 7) is 5.75. The second kappa shape index (κ2) is 6.18. The summed E-state index contributed by atoms with van der Waals surface area (Å²) in [5, 5.41) is 14.5. The number of oxime groups is 1. The van der Waals surface area contributed by atoms with Gasteiger partial charge in [0.15, 0.2) is 5.84 Å². The highest BCUT2D eigenvalue weighted by Crippen LogP contribution is 2.03. The molecule has 1 unspecified atom stereocenters. The molecule has 0 rings (SSSR count). The van der Waals surface area contributed by atoms with Crippen LogP contribution in [-0.4, -0.2) is 43.8 Å². The molecule has 0 aromatic rings. The van der Waals surface area contributed by atoms with Gasteiger partial charge < -0.3 is 16.3 Å². The Morgan fingerprint density at radius 3 is 2.41 bits per heavy atom. The Labute approximate surface area is 103 Å². The topological polar surface area (TPSA) is 117 Å². The third-order valence-corrected chi connectivity index (χ3v) is 3.06. The fourth-order valence-electron chi connectivity index (χ4n) is 1.44. The van der Waals surface area contributed by atoms with Crippen molar-refractivity contribution in [3.63, 3.8) is 0 Å². The molecule has 7 nitrogen and oxygen atoms in total. The molecule has 102 valence electrons. The van der Waals surface area contributed by atoms with Crippen molar-refractivity contribution in [2.45, 2.75) is 38.8 Å². The van der Waals surface area contributed by atoms with Gasteiger partial charge in [-0.25, -0.2) is 13.1 Å². The molecule has 1 atom stereocenters. The largest absolute Gasteiger partial charge is 0.409 e. The Balaban J connectivity index is 4.44. The maximum Gasteiger partial charge on any atom is 0.209 e. The van der Waals surface area contributed by atoms with E-state index in [9.17, 15) is 8.42 Å². The molecule has 5 N–H and O–H groups in total. The van der Waals surface area contributed by atoms with Crippen LogP contribution in [0.4, 0.5) is 0 Å². The standard InChI is InChI=1S/C9H22N4O3S/c1-5-7(8(10)12-14)11-6-9(2,3)13-17(4,15)16/h7,11,13-14H,5-6H2,1-4H3,(H2,10,12). The predicted molar refractivity (Wildman–Crippen MR) is 67.5 cm³/mol. The van der Waals surface area contributed by atoms with Crippen LogP contribution in [-0.2, 0) is 10.0 Å². The predicted octanol–water partition coefficient (Wildman–Crippen LogP) is -0.571. The van der Waals surface area contributed by atoms with E-state index >= 15 is 0 Å². The van der Waals surface area contributed by atoms with Gasteiger partial charge in [0.2, 0.25) is 10.0 Å². The zero-order valence-electron chi connectivity index (χ0n) is 10.7. The summed E-state index contributed by atoms with van der Waals surface area (Å²) in [6.07, 6.45) is 1.75. The molecule has 0 fully saturated rings. The molecule has 0 radical (unpaired) electrons. The highest BCUT2D eigenvalue weighted by molar-refractivity contribution is 7.88. The smallest absolute Gasteiger partial charge is 0.209 e. The number of nitrogens with two attached hydrogens (primary N) is 1. The molecular weight excluding hydrogens is 244 g/mol. The summed E-state index contributed by atoms with van der Waals surface area (Å²) in [6, 6.07) is -0.277. The van der Waals surface area contributed by atoms with Gasteiger partial charge >= 0.3 is 0 Å². The molecule has 0 aliphatic heterocycles. The van der Waals surface area contributed by atoms with Gasteiger partial charge in [0.05, 0.1) is 12.3 Å². The van der Waals surface area contributed by atoms with Gasteiger partial charge in [0.25, 0.3) is 0 Å². The van der Waals surface area contributed by atoms with Crippen LogP contribution in [0, 0.1) is 0 Å². The first-order chi connectivity index (χ1) is 7.61. The SMILES string of the molecule is CCC(NCC(C)(C)NS(C)(=O)=O)C(N)=NO. The normalized spacial score (nSPS) is 15.9. The van der Waals surface area contributed by atoms with Crippen LogP contribution in [0.15, 0.2) is 5.16 Å². The summed E-state index contributed by atoms with van der Waals surface area (Å²) >= 11 is 0. The first-order valence-corrected chi connectivity index (χ1v) is 7.20. The molecule has 17 heavy (non-hydrogen) atoms. The van der Waals surface area contributed by atoms with E-state index < -0.39 is 15.6 Å². The van der Waals surface area contributed by atoms with Gasteiger partial charge in [-0.2, -0.15) is 0 Å². The number of nitrogens with zero attached hydrogens (tertiary/aromatic N) is 1. The molecule has 0 amide bonds.